The van der Waals surface area contributed by atoms with Crippen molar-refractivity contribution in [1.29, 1.82) is 0 Å². The van der Waals surface area contributed by atoms with Gasteiger partial charge in [0.25, 0.3) is 5.91 Å². The summed E-state index contributed by atoms with van der Waals surface area (Å²) in [6, 6.07) is 12.3. The molecule has 1 amide bonds. The van der Waals surface area contributed by atoms with E-state index < -0.39 is 11.7 Å². The fourth-order valence-electron chi connectivity index (χ4n) is 4.57. The smallest absolute Gasteiger partial charge is 0.416 e. The van der Waals surface area contributed by atoms with Crippen LogP contribution in [0, 0.1) is 5.92 Å². The minimum Gasteiger partial charge on any atom is -0.466 e. The molecule has 0 bridgehead atoms. The number of likely N-dealkylation sites (tertiary alicyclic amines) is 1. The minimum absolute atomic E-state index is 0.111. The van der Waals surface area contributed by atoms with Gasteiger partial charge in [0.1, 0.15) is 6.26 Å². The topological polar surface area (TPSA) is 75.9 Å². The average Bonchev–Trinajstić information content (AvgIpc) is 3.38. The molecular formula is C28H29ClF3N3O4. The van der Waals surface area contributed by atoms with E-state index in [9.17, 15) is 22.8 Å². The number of oxazole rings is 1. The van der Waals surface area contributed by atoms with E-state index >= 15 is 0 Å². The Hall–Kier alpha value is -3.37. The van der Waals surface area contributed by atoms with Gasteiger partial charge < -0.3 is 14.1 Å². The summed E-state index contributed by atoms with van der Waals surface area (Å²) in [5.41, 5.74) is 0.755. The Morgan fingerprint density at radius 2 is 1.87 bits per heavy atom. The van der Waals surface area contributed by atoms with Crippen molar-refractivity contribution in [3.8, 4) is 0 Å². The van der Waals surface area contributed by atoms with Crippen LogP contribution in [0.3, 0.4) is 0 Å². The van der Waals surface area contributed by atoms with Crippen LogP contribution in [0.25, 0.3) is 0 Å². The Balaban J connectivity index is 1.49. The third-order valence-electron chi connectivity index (χ3n) is 6.44. The molecule has 0 radical (unpaired) electrons. The lowest BCUT2D eigenvalue weighted by Crippen LogP contribution is -2.43. The number of hydrogen-bond acceptors (Lipinski definition) is 6. The van der Waals surface area contributed by atoms with Gasteiger partial charge in [0.2, 0.25) is 5.89 Å². The molecule has 1 aliphatic heterocycles. The molecule has 208 valence electrons. The number of aromatic nitrogens is 1. The maximum atomic E-state index is 13.3. The van der Waals surface area contributed by atoms with E-state index in [2.05, 4.69) is 4.98 Å². The van der Waals surface area contributed by atoms with Gasteiger partial charge in [-0.15, -0.1) is 0 Å². The van der Waals surface area contributed by atoms with E-state index in [4.69, 9.17) is 20.8 Å². The first-order valence-electron chi connectivity index (χ1n) is 12.7. The number of nitrogens with zero attached hydrogens (tertiary/aromatic N) is 3. The maximum Gasteiger partial charge on any atom is 0.416 e. The minimum atomic E-state index is -4.45. The summed E-state index contributed by atoms with van der Waals surface area (Å²) in [6.45, 7) is 3.48. The zero-order chi connectivity index (χ0) is 28.0. The van der Waals surface area contributed by atoms with Crippen molar-refractivity contribution in [1.82, 2.24) is 14.8 Å². The Bertz CT molecular complexity index is 1280. The van der Waals surface area contributed by atoms with Gasteiger partial charge in [-0.05, 0) is 49.1 Å². The van der Waals surface area contributed by atoms with Gasteiger partial charge in [-0.3, -0.25) is 14.5 Å². The fourth-order valence-corrected chi connectivity index (χ4v) is 4.70. The fraction of sp³-hybridized carbons (Fsp3) is 0.393. The van der Waals surface area contributed by atoms with Crippen LogP contribution in [-0.2, 0) is 35.3 Å². The van der Waals surface area contributed by atoms with E-state index in [1.807, 2.05) is 17.0 Å². The van der Waals surface area contributed by atoms with Crippen LogP contribution in [0.15, 0.2) is 59.2 Å². The number of alkyl halides is 3. The van der Waals surface area contributed by atoms with Crippen LogP contribution in [-0.4, -0.2) is 46.4 Å². The first kappa shape index (κ1) is 28.6. The molecule has 0 N–H and O–H groups in total. The van der Waals surface area contributed by atoms with E-state index in [0.29, 0.717) is 36.5 Å². The molecule has 4 rings (SSSR count). The maximum absolute atomic E-state index is 13.3. The Kier molecular flexibility index (Phi) is 9.29. The number of halogens is 4. The van der Waals surface area contributed by atoms with Crippen molar-refractivity contribution in [2.24, 2.45) is 5.92 Å². The number of rotatable bonds is 9. The highest BCUT2D eigenvalue weighted by Gasteiger charge is 2.32. The second-order valence-corrected chi connectivity index (χ2v) is 9.88. The van der Waals surface area contributed by atoms with Gasteiger partial charge in [-0.2, -0.15) is 13.2 Å². The molecule has 39 heavy (non-hydrogen) atoms. The number of benzene rings is 2. The number of esters is 1. The highest BCUT2D eigenvalue weighted by molar-refractivity contribution is 6.30. The number of piperidine rings is 1. The summed E-state index contributed by atoms with van der Waals surface area (Å²) in [5, 5.41) is 0.571. The predicted octanol–water partition coefficient (Wildman–Crippen LogP) is 5.96. The normalized spacial score (nSPS) is 15.9. The molecule has 2 heterocycles. The molecule has 3 aromatic rings. The number of amides is 1. The van der Waals surface area contributed by atoms with E-state index in [1.165, 1.54) is 12.3 Å². The lowest BCUT2D eigenvalue weighted by Gasteiger charge is -2.30. The third-order valence-corrected chi connectivity index (χ3v) is 6.69. The van der Waals surface area contributed by atoms with Crippen LogP contribution in [0.1, 0.15) is 52.8 Å². The SMILES string of the molecule is CCOC(=O)C1CCCN(C(=O)c2coc(CN(Cc3ccc(Cl)cc3)Cc3cccc(C(F)(F)F)c3)n2)C1. The molecule has 11 heteroatoms. The van der Waals surface area contributed by atoms with Gasteiger partial charge in [0.05, 0.1) is 24.6 Å². The van der Waals surface area contributed by atoms with Crippen molar-refractivity contribution >= 4 is 23.5 Å². The number of hydrogen-bond donors (Lipinski definition) is 0. The molecule has 7 nitrogen and oxygen atoms in total. The Morgan fingerprint density at radius 3 is 2.59 bits per heavy atom. The molecule has 0 spiro atoms. The summed E-state index contributed by atoms with van der Waals surface area (Å²) < 4.78 is 50.5. The van der Waals surface area contributed by atoms with E-state index in [-0.39, 0.29) is 55.6 Å². The lowest BCUT2D eigenvalue weighted by molar-refractivity contribution is -0.149. The van der Waals surface area contributed by atoms with Crippen LogP contribution in [0.5, 0.6) is 0 Å². The van der Waals surface area contributed by atoms with Crippen molar-refractivity contribution < 1.29 is 31.9 Å². The molecule has 1 aromatic heterocycles. The number of ether oxygens (including phenoxy) is 1. The monoisotopic (exact) mass is 563 g/mol. The second-order valence-electron chi connectivity index (χ2n) is 9.44. The van der Waals surface area contributed by atoms with Gasteiger partial charge >= 0.3 is 12.1 Å². The molecule has 1 atom stereocenters. The average molecular weight is 564 g/mol. The van der Waals surface area contributed by atoms with Crippen molar-refractivity contribution in [3.05, 3.63) is 88.1 Å². The molecule has 1 saturated heterocycles. The van der Waals surface area contributed by atoms with E-state index in [1.54, 1.807) is 30.0 Å². The summed E-state index contributed by atoms with van der Waals surface area (Å²) in [5.74, 6) is -0.793. The molecule has 1 fully saturated rings. The highest BCUT2D eigenvalue weighted by atomic mass is 35.5. The van der Waals surface area contributed by atoms with Crippen LogP contribution < -0.4 is 0 Å². The molecule has 1 unspecified atom stereocenters. The summed E-state index contributed by atoms with van der Waals surface area (Å²) in [4.78, 5) is 33.1. The standard InChI is InChI=1S/C28H29ClF3N3O4/c1-2-38-27(37)21-6-4-12-35(16-21)26(36)24-18-39-25(33-24)17-34(14-19-8-10-23(29)11-9-19)15-20-5-3-7-22(13-20)28(30,31)32/h3,5,7-11,13,18,21H,2,4,6,12,14-17H2,1H3. The Morgan fingerprint density at radius 1 is 1.13 bits per heavy atom. The molecule has 1 aliphatic rings. The zero-order valence-electron chi connectivity index (χ0n) is 21.4. The summed E-state index contributed by atoms with van der Waals surface area (Å²) in [6.07, 6.45) is -1.85. The summed E-state index contributed by atoms with van der Waals surface area (Å²) >= 11 is 6.00. The van der Waals surface area contributed by atoms with Gasteiger partial charge in [-0.1, -0.05) is 41.9 Å². The highest BCUT2D eigenvalue weighted by Crippen LogP contribution is 2.30. The van der Waals surface area contributed by atoms with Crippen LogP contribution in [0.4, 0.5) is 13.2 Å². The number of carbonyl (C=O) groups is 2. The first-order chi connectivity index (χ1) is 18.6. The van der Waals surface area contributed by atoms with Crippen molar-refractivity contribution in [2.75, 3.05) is 19.7 Å². The van der Waals surface area contributed by atoms with Gasteiger partial charge in [-0.25, -0.2) is 4.98 Å². The van der Waals surface area contributed by atoms with Crippen molar-refractivity contribution in [3.63, 3.8) is 0 Å². The predicted molar refractivity (Wildman–Crippen MR) is 138 cm³/mol. The quantitative estimate of drug-likeness (QED) is 0.299. The van der Waals surface area contributed by atoms with Crippen molar-refractivity contribution in [2.45, 2.75) is 45.6 Å². The first-order valence-corrected chi connectivity index (χ1v) is 13.0. The molecule has 2 aromatic carbocycles. The molecule has 0 saturated carbocycles. The Labute approximate surface area is 229 Å². The molecular weight excluding hydrogens is 535 g/mol. The van der Waals surface area contributed by atoms with Crippen LogP contribution >= 0.6 is 11.6 Å². The summed E-state index contributed by atoms with van der Waals surface area (Å²) in [7, 11) is 0. The number of carbonyl (C=O) groups excluding carboxylic acids is 2. The second kappa shape index (κ2) is 12.7. The van der Waals surface area contributed by atoms with Gasteiger partial charge in [0.15, 0.2) is 5.69 Å². The van der Waals surface area contributed by atoms with Gasteiger partial charge in [0, 0.05) is 31.2 Å². The van der Waals surface area contributed by atoms with Crippen LogP contribution in [0.2, 0.25) is 5.02 Å². The third kappa shape index (κ3) is 7.83. The lowest BCUT2D eigenvalue weighted by atomic mass is 9.98. The van der Waals surface area contributed by atoms with E-state index in [0.717, 1.165) is 17.7 Å². The largest absolute Gasteiger partial charge is 0.466 e. The molecule has 0 aliphatic carbocycles. The zero-order valence-corrected chi connectivity index (χ0v) is 22.2.